The van der Waals surface area contributed by atoms with Gasteiger partial charge in [-0.1, -0.05) is 23.2 Å². The molecule has 108 valence electrons. The zero-order valence-electron chi connectivity index (χ0n) is 10.8. The van der Waals surface area contributed by atoms with E-state index in [2.05, 4.69) is 0 Å². The predicted molar refractivity (Wildman–Crippen MR) is 70.4 cm³/mol. The Morgan fingerprint density at radius 1 is 0.850 bits per heavy atom. The van der Waals surface area contributed by atoms with E-state index in [-0.39, 0.29) is 27.3 Å². The fourth-order valence-corrected chi connectivity index (χ4v) is 1.82. The van der Waals surface area contributed by atoms with E-state index in [1.165, 1.54) is 0 Å². The van der Waals surface area contributed by atoms with E-state index in [0.717, 1.165) is 26.8 Å². The van der Waals surface area contributed by atoms with Crippen molar-refractivity contribution in [3.05, 3.63) is 16.1 Å². The lowest BCUT2D eigenvalue weighted by atomic mass is 10.3. The number of halogens is 2. The molecule has 0 aliphatic rings. The number of rotatable bonds is 3. The molecule has 0 aliphatic carbocycles. The van der Waals surface area contributed by atoms with Crippen LogP contribution in [0.25, 0.3) is 0 Å². The Balaban J connectivity index is 3.42. The van der Waals surface area contributed by atoms with Gasteiger partial charge in [-0.3, -0.25) is 14.4 Å². The average Bonchev–Trinajstić information content (AvgIpc) is 2.28. The standard InChI is InChI=1S/C12H10Cl2O6/c1-5(15)18-9-4-8(13)11(19-6(2)16)10(14)12(9)20-7(3)17/h4H,1-3H3. The summed E-state index contributed by atoms with van der Waals surface area (Å²) >= 11 is 11.8. The molecule has 0 unspecified atom stereocenters. The van der Waals surface area contributed by atoms with Crippen LogP contribution in [0.5, 0.6) is 17.2 Å². The summed E-state index contributed by atoms with van der Waals surface area (Å²) in [5.74, 6) is -2.62. The van der Waals surface area contributed by atoms with Gasteiger partial charge in [0.1, 0.15) is 5.02 Å². The number of ether oxygens (including phenoxy) is 3. The molecule has 0 amide bonds. The minimum Gasteiger partial charge on any atom is -0.423 e. The van der Waals surface area contributed by atoms with Crippen molar-refractivity contribution in [3.63, 3.8) is 0 Å². The molecule has 1 aromatic rings. The van der Waals surface area contributed by atoms with Crippen LogP contribution in [-0.2, 0) is 14.4 Å². The molecule has 0 fully saturated rings. The van der Waals surface area contributed by atoms with Crippen molar-refractivity contribution in [1.82, 2.24) is 0 Å². The van der Waals surface area contributed by atoms with Gasteiger partial charge in [-0.05, 0) is 0 Å². The first-order valence-corrected chi connectivity index (χ1v) is 6.05. The lowest BCUT2D eigenvalue weighted by molar-refractivity contribution is -0.134. The van der Waals surface area contributed by atoms with Gasteiger partial charge in [0.2, 0.25) is 0 Å². The van der Waals surface area contributed by atoms with Gasteiger partial charge in [-0.25, -0.2) is 0 Å². The molecule has 0 aromatic heterocycles. The van der Waals surface area contributed by atoms with Crippen LogP contribution in [0.1, 0.15) is 20.8 Å². The highest BCUT2D eigenvalue weighted by molar-refractivity contribution is 6.38. The van der Waals surface area contributed by atoms with Crippen molar-refractivity contribution in [2.75, 3.05) is 0 Å². The third-order valence-corrected chi connectivity index (χ3v) is 2.47. The number of hydrogen-bond acceptors (Lipinski definition) is 6. The molecule has 20 heavy (non-hydrogen) atoms. The van der Waals surface area contributed by atoms with Gasteiger partial charge >= 0.3 is 17.9 Å². The third kappa shape index (κ3) is 4.11. The van der Waals surface area contributed by atoms with E-state index in [1.807, 2.05) is 0 Å². The minimum atomic E-state index is -0.698. The van der Waals surface area contributed by atoms with Crippen LogP contribution in [-0.4, -0.2) is 17.9 Å². The van der Waals surface area contributed by atoms with Crippen LogP contribution in [0.2, 0.25) is 10.0 Å². The summed E-state index contributed by atoms with van der Waals surface area (Å²) in [7, 11) is 0. The molecule has 0 N–H and O–H groups in total. The van der Waals surface area contributed by atoms with Crippen molar-refractivity contribution in [2.45, 2.75) is 20.8 Å². The van der Waals surface area contributed by atoms with E-state index in [0.29, 0.717) is 0 Å². The first-order chi connectivity index (χ1) is 9.22. The topological polar surface area (TPSA) is 78.9 Å². The van der Waals surface area contributed by atoms with Gasteiger partial charge in [0.05, 0.1) is 5.02 Å². The molecule has 0 aliphatic heterocycles. The first-order valence-electron chi connectivity index (χ1n) is 5.29. The second-order valence-corrected chi connectivity index (χ2v) is 4.39. The smallest absolute Gasteiger partial charge is 0.308 e. The predicted octanol–water partition coefficient (Wildman–Crippen LogP) is 2.77. The van der Waals surface area contributed by atoms with E-state index in [9.17, 15) is 14.4 Å². The number of carbonyl (C=O) groups is 3. The van der Waals surface area contributed by atoms with Gasteiger partial charge in [-0.2, -0.15) is 0 Å². The van der Waals surface area contributed by atoms with Crippen LogP contribution in [0, 0.1) is 0 Å². The van der Waals surface area contributed by atoms with E-state index < -0.39 is 17.9 Å². The summed E-state index contributed by atoms with van der Waals surface area (Å²) in [5.41, 5.74) is 0. The summed E-state index contributed by atoms with van der Waals surface area (Å²) in [6, 6.07) is 1.16. The Bertz CT molecular complexity index is 582. The van der Waals surface area contributed by atoms with Gasteiger partial charge in [0.25, 0.3) is 0 Å². The monoisotopic (exact) mass is 320 g/mol. The molecule has 0 heterocycles. The Kier molecular flexibility index (Phi) is 5.35. The van der Waals surface area contributed by atoms with E-state index in [4.69, 9.17) is 37.4 Å². The summed E-state index contributed by atoms with van der Waals surface area (Å²) < 4.78 is 14.5. The summed E-state index contributed by atoms with van der Waals surface area (Å²) in [4.78, 5) is 33.0. The number of benzene rings is 1. The SMILES string of the molecule is CC(=O)Oc1cc(Cl)c(OC(C)=O)c(Cl)c1OC(C)=O. The lowest BCUT2D eigenvalue weighted by Crippen LogP contribution is -2.09. The van der Waals surface area contributed by atoms with Crippen molar-refractivity contribution in [3.8, 4) is 17.2 Å². The molecular weight excluding hydrogens is 311 g/mol. The van der Waals surface area contributed by atoms with Crippen molar-refractivity contribution < 1.29 is 28.6 Å². The maximum absolute atomic E-state index is 11.1. The highest BCUT2D eigenvalue weighted by Gasteiger charge is 2.23. The number of esters is 3. The maximum atomic E-state index is 11.1. The molecule has 8 heteroatoms. The van der Waals surface area contributed by atoms with Crippen molar-refractivity contribution in [1.29, 1.82) is 0 Å². The average molecular weight is 321 g/mol. The van der Waals surface area contributed by atoms with E-state index in [1.54, 1.807) is 0 Å². The molecule has 0 radical (unpaired) electrons. The van der Waals surface area contributed by atoms with Crippen LogP contribution >= 0.6 is 23.2 Å². The molecular formula is C12H10Cl2O6. The zero-order chi connectivity index (χ0) is 15.4. The number of carbonyl (C=O) groups excluding carboxylic acids is 3. The Hall–Kier alpha value is -1.79. The fourth-order valence-electron chi connectivity index (χ4n) is 1.27. The van der Waals surface area contributed by atoms with Crippen LogP contribution in [0.4, 0.5) is 0 Å². The highest BCUT2D eigenvalue weighted by atomic mass is 35.5. The molecule has 1 rings (SSSR count). The molecule has 1 aromatic carbocycles. The van der Waals surface area contributed by atoms with Gasteiger partial charge in [0.15, 0.2) is 17.2 Å². The fraction of sp³-hybridized carbons (Fsp3) is 0.250. The Morgan fingerprint density at radius 2 is 1.30 bits per heavy atom. The molecule has 0 saturated carbocycles. The normalized spacial score (nSPS) is 9.85. The zero-order valence-corrected chi connectivity index (χ0v) is 12.3. The summed E-state index contributed by atoms with van der Waals surface area (Å²) in [6.07, 6.45) is 0. The Labute approximate surface area is 124 Å². The van der Waals surface area contributed by atoms with Gasteiger partial charge in [0, 0.05) is 26.8 Å². The molecule has 0 atom stereocenters. The Morgan fingerprint density at radius 3 is 1.75 bits per heavy atom. The minimum absolute atomic E-state index is 0.0719. The summed E-state index contributed by atoms with van der Waals surface area (Å²) in [5, 5.41) is -0.323. The van der Waals surface area contributed by atoms with Crippen LogP contribution < -0.4 is 14.2 Å². The first kappa shape index (κ1) is 16.3. The van der Waals surface area contributed by atoms with Crippen LogP contribution in [0.15, 0.2) is 6.07 Å². The van der Waals surface area contributed by atoms with Gasteiger partial charge in [-0.15, -0.1) is 0 Å². The second-order valence-electron chi connectivity index (χ2n) is 3.61. The molecule has 0 spiro atoms. The molecule has 6 nitrogen and oxygen atoms in total. The van der Waals surface area contributed by atoms with Crippen molar-refractivity contribution >= 4 is 41.1 Å². The number of hydrogen-bond donors (Lipinski definition) is 0. The quantitative estimate of drug-likeness (QED) is 0.629. The second kappa shape index (κ2) is 6.58. The van der Waals surface area contributed by atoms with Crippen molar-refractivity contribution in [2.24, 2.45) is 0 Å². The van der Waals surface area contributed by atoms with Gasteiger partial charge < -0.3 is 14.2 Å². The lowest BCUT2D eigenvalue weighted by Gasteiger charge is -2.14. The largest absolute Gasteiger partial charge is 0.423 e. The molecule has 0 bridgehead atoms. The highest BCUT2D eigenvalue weighted by Crippen LogP contribution is 2.46. The van der Waals surface area contributed by atoms with E-state index >= 15 is 0 Å². The summed E-state index contributed by atoms with van der Waals surface area (Å²) in [6.45, 7) is 3.44. The molecule has 0 saturated heterocycles. The van der Waals surface area contributed by atoms with Crippen LogP contribution in [0.3, 0.4) is 0 Å². The third-order valence-electron chi connectivity index (χ3n) is 1.84. The maximum Gasteiger partial charge on any atom is 0.308 e.